The monoisotopic (exact) mass is 244 g/mol. The van der Waals surface area contributed by atoms with Gasteiger partial charge in [-0.25, -0.2) is 0 Å². The fourth-order valence-electron chi connectivity index (χ4n) is 2.46. The van der Waals surface area contributed by atoms with Crippen LogP contribution in [0.3, 0.4) is 0 Å². The highest BCUT2D eigenvalue weighted by Gasteiger charge is 2.19. The Morgan fingerprint density at radius 1 is 1.06 bits per heavy atom. The van der Waals surface area contributed by atoms with Crippen molar-refractivity contribution >= 4 is 0 Å². The molecule has 1 heterocycles. The number of hydrogen-bond acceptors (Lipinski definition) is 4. The molecule has 1 N–H and O–H groups in total. The second kappa shape index (κ2) is 9.83. The van der Waals surface area contributed by atoms with Crippen LogP contribution < -0.4 is 5.32 Å². The van der Waals surface area contributed by atoms with E-state index in [1.54, 1.807) is 14.2 Å². The second-order valence-electron chi connectivity index (χ2n) is 4.71. The van der Waals surface area contributed by atoms with Crippen molar-refractivity contribution in [3.8, 4) is 0 Å². The molecule has 0 aromatic carbocycles. The highest BCUT2D eigenvalue weighted by atomic mass is 16.5. The lowest BCUT2D eigenvalue weighted by molar-refractivity contribution is 0.101. The van der Waals surface area contributed by atoms with Gasteiger partial charge in [0, 0.05) is 40.0 Å². The van der Waals surface area contributed by atoms with Crippen LogP contribution in [0, 0.1) is 0 Å². The molecule has 1 rings (SSSR count). The minimum atomic E-state index is 0.719. The first-order chi connectivity index (χ1) is 8.38. The maximum atomic E-state index is 5.21. The predicted octanol–water partition coefficient (Wildman–Crippen LogP) is 1.11. The molecule has 0 amide bonds. The standard InChI is InChI=1S/C13H28N2O2/c1-16-11-4-9-15(10-12-17-2)13-5-3-7-14-8-6-13/h13-14H,3-12H2,1-2H3. The smallest absolute Gasteiger partial charge is 0.0589 e. The minimum Gasteiger partial charge on any atom is -0.385 e. The highest BCUT2D eigenvalue weighted by molar-refractivity contribution is 4.76. The number of rotatable bonds is 8. The second-order valence-corrected chi connectivity index (χ2v) is 4.71. The summed E-state index contributed by atoms with van der Waals surface area (Å²) in [5.74, 6) is 0. The van der Waals surface area contributed by atoms with E-state index in [9.17, 15) is 0 Å². The number of methoxy groups -OCH3 is 2. The van der Waals surface area contributed by atoms with Crippen molar-refractivity contribution in [2.75, 3.05) is 53.6 Å². The van der Waals surface area contributed by atoms with E-state index >= 15 is 0 Å². The third-order valence-corrected chi connectivity index (χ3v) is 3.44. The fourth-order valence-corrected chi connectivity index (χ4v) is 2.46. The molecular weight excluding hydrogens is 216 g/mol. The van der Waals surface area contributed by atoms with E-state index in [1.807, 2.05) is 0 Å². The molecule has 4 nitrogen and oxygen atoms in total. The Hall–Kier alpha value is -0.160. The minimum absolute atomic E-state index is 0.719. The topological polar surface area (TPSA) is 33.7 Å². The van der Waals surface area contributed by atoms with Gasteiger partial charge < -0.3 is 14.8 Å². The van der Waals surface area contributed by atoms with Gasteiger partial charge in [-0.3, -0.25) is 4.90 Å². The Bertz CT molecular complexity index is 171. The van der Waals surface area contributed by atoms with E-state index in [4.69, 9.17) is 9.47 Å². The lowest BCUT2D eigenvalue weighted by Crippen LogP contribution is -2.39. The molecular formula is C13H28N2O2. The van der Waals surface area contributed by atoms with E-state index < -0.39 is 0 Å². The van der Waals surface area contributed by atoms with Crippen molar-refractivity contribution < 1.29 is 9.47 Å². The molecule has 0 radical (unpaired) electrons. The molecule has 0 aromatic heterocycles. The SMILES string of the molecule is COCCCN(CCOC)C1CCCNCC1. The maximum absolute atomic E-state index is 5.21. The molecule has 4 heteroatoms. The zero-order valence-corrected chi connectivity index (χ0v) is 11.4. The van der Waals surface area contributed by atoms with Crippen LogP contribution in [0.5, 0.6) is 0 Å². The molecule has 102 valence electrons. The van der Waals surface area contributed by atoms with Gasteiger partial charge in [-0.1, -0.05) is 0 Å². The van der Waals surface area contributed by atoms with Crippen LogP contribution in [0.1, 0.15) is 25.7 Å². The lowest BCUT2D eigenvalue weighted by atomic mass is 10.1. The van der Waals surface area contributed by atoms with Crippen LogP contribution in [0.4, 0.5) is 0 Å². The summed E-state index contributed by atoms with van der Waals surface area (Å²) in [6.07, 6.45) is 4.98. The molecule has 17 heavy (non-hydrogen) atoms. The first kappa shape index (κ1) is 14.9. The van der Waals surface area contributed by atoms with Crippen molar-refractivity contribution in [1.29, 1.82) is 0 Å². The Morgan fingerprint density at radius 3 is 2.65 bits per heavy atom. The molecule has 1 fully saturated rings. The summed E-state index contributed by atoms with van der Waals surface area (Å²) in [5, 5.41) is 3.47. The summed E-state index contributed by atoms with van der Waals surface area (Å²) in [7, 11) is 3.55. The van der Waals surface area contributed by atoms with Gasteiger partial charge >= 0.3 is 0 Å². The molecule has 0 bridgehead atoms. The third kappa shape index (κ3) is 6.36. The average Bonchev–Trinajstić information content (AvgIpc) is 2.62. The van der Waals surface area contributed by atoms with Crippen LogP contribution in [0.25, 0.3) is 0 Å². The van der Waals surface area contributed by atoms with Crippen LogP contribution in [-0.4, -0.2) is 64.6 Å². The summed E-state index contributed by atoms with van der Waals surface area (Å²) < 4.78 is 10.4. The quantitative estimate of drug-likeness (QED) is 0.649. The molecule has 1 atom stereocenters. The summed E-state index contributed by atoms with van der Waals surface area (Å²) in [5.41, 5.74) is 0. The largest absolute Gasteiger partial charge is 0.385 e. The van der Waals surface area contributed by atoms with Gasteiger partial charge in [0.05, 0.1) is 6.61 Å². The van der Waals surface area contributed by atoms with Crippen molar-refractivity contribution in [1.82, 2.24) is 10.2 Å². The van der Waals surface area contributed by atoms with Gasteiger partial charge in [-0.15, -0.1) is 0 Å². The molecule has 0 aromatic rings. The van der Waals surface area contributed by atoms with Crippen LogP contribution >= 0.6 is 0 Å². The Balaban J connectivity index is 2.35. The first-order valence-electron chi connectivity index (χ1n) is 6.81. The van der Waals surface area contributed by atoms with Gasteiger partial charge in [0.25, 0.3) is 0 Å². The maximum Gasteiger partial charge on any atom is 0.0589 e. The van der Waals surface area contributed by atoms with E-state index in [0.717, 1.165) is 45.3 Å². The van der Waals surface area contributed by atoms with E-state index in [0.29, 0.717) is 0 Å². The van der Waals surface area contributed by atoms with Crippen LogP contribution in [-0.2, 0) is 9.47 Å². The van der Waals surface area contributed by atoms with Crippen LogP contribution in [0.15, 0.2) is 0 Å². The molecule has 0 aliphatic carbocycles. The number of nitrogens with zero attached hydrogens (tertiary/aromatic N) is 1. The lowest BCUT2D eigenvalue weighted by Gasteiger charge is -2.30. The van der Waals surface area contributed by atoms with Crippen molar-refractivity contribution in [2.24, 2.45) is 0 Å². The van der Waals surface area contributed by atoms with Gasteiger partial charge in [0.15, 0.2) is 0 Å². The summed E-state index contributed by atoms with van der Waals surface area (Å²) in [4.78, 5) is 2.58. The Kier molecular flexibility index (Phi) is 8.61. The number of nitrogens with one attached hydrogen (secondary N) is 1. The van der Waals surface area contributed by atoms with Crippen molar-refractivity contribution in [3.63, 3.8) is 0 Å². The van der Waals surface area contributed by atoms with Gasteiger partial charge in [-0.05, 0) is 38.8 Å². The number of hydrogen-bond donors (Lipinski definition) is 1. The summed E-state index contributed by atoms with van der Waals surface area (Å²) in [6.45, 7) is 6.18. The average molecular weight is 244 g/mol. The summed E-state index contributed by atoms with van der Waals surface area (Å²) >= 11 is 0. The zero-order chi connectivity index (χ0) is 12.3. The van der Waals surface area contributed by atoms with Crippen molar-refractivity contribution in [3.05, 3.63) is 0 Å². The molecule has 1 unspecified atom stereocenters. The van der Waals surface area contributed by atoms with Gasteiger partial charge in [0.1, 0.15) is 0 Å². The summed E-state index contributed by atoms with van der Waals surface area (Å²) in [6, 6.07) is 0.719. The van der Waals surface area contributed by atoms with E-state index in [2.05, 4.69) is 10.2 Å². The predicted molar refractivity (Wildman–Crippen MR) is 70.5 cm³/mol. The molecule has 0 saturated carbocycles. The first-order valence-corrected chi connectivity index (χ1v) is 6.81. The molecule has 1 saturated heterocycles. The zero-order valence-electron chi connectivity index (χ0n) is 11.4. The third-order valence-electron chi connectivity index (χ3n) is 3.44. The fraction of sp³-hybridized carbons (Fsp3) is 1.00. The molecule has 0 spiro atoms. The Morgan fingerprint density at radius 2 is 1.88 bits per heavy atom. The van der Waals surface area contributed by atoms with Gasteiger partial charge in [0.2, 0.25) is 0 Å². The van der Waals surface area contributed by atoms with Gasteiger partial charge in [-0.2, -0.15) is 0 Å². The number of ether oxygens (including phenoxy) is 2. The van der Waals surface area contributed by atoms with Crippen molar-refractivity contribution in [2.45, 2.75) is 31.7 Å². The van der Waals surface area contributed by atoms with E-state index in [-0.39, 0.29) is 0 Å². The van der Waals surface area contributed by atoms with E-state index in [1.165, 1.54) is 25.8 Å². The van der Waals surface area contributed by atoms with Crippen LogP contribution in [0.2, 0.25) is 0 Å². The molecule has 1 aliphatic rings. The molecule has 1 aliphatic heterocycles. The normalized spacial score (nSPS) is 21.7. The Labute approximate surface area is 106 Å². The highest BCUT2D eigenvalue weighted by Crippen LogP contribution is 2.13.